The van der Waals surface area contributed by atoms with Crippen LogP contribution >= 0.6 is 0 Å². The van der Waals surface area contributed by atoms with Gasteiger partial charge in [-0.1, -0.05) is 67.6 Å². The van der Waals surface area contributed by atoms with E-state index in [1.165, 1.54) is 5.56 Å². The minimum Gasteiger partial charge on any atom is -0.495 e. The third kappa shape index (κ3) is 4.59. The van der Waals surface area contributed by atoms with Crippen LogP contribution in [0, 0.1) is 0 Å². The molecule has 0 N–H and O–H groups in total. The van der Waals surface area contributed by atoms with Gasteiger partial charge in [0.2, 0.25) is 0 Å². The molecule has 4 aromatic carbocycles. The van der Waals surface area contributed by atoms with Crippen molar-refractivity contribution < 1.29 is 18.9 Å². The molecule has 0 amide bonds. The number of ether oxygens (including phenoxy) is 4. The third-order valence-corrected chi connectivity index (χ3v) is 5.35. The molecule has 0 aliphatic carbocycles. The van der Waals surface area contributed by atoms with E-state index < -0.39 is 0 Å². The summed E-state index contributed by atoms with van der Waals surface area (Å²) < 4.78 is 23.6. The average molecular weight is 417 g/mol. The lowest BCUT2D eigenvalue weighted by Gasteiger charge is -2.18. The van der Waals surface area contributed by atoms with Gasteiger partial charge in [-0.05, 0) is 31.0 Å². The van der Waals surface area contributed by atoms with Gasteiger partial charge in [-0.3, -0.25) is 0 Å². The molecule has 1 unspecified atom stereocenters. The minimum atomic E-state index is -0.361. The third-order valence-electron chi connectivity index (χ3n) is 5.35. The van der Waals surface area contributed by atoms with Crippen LogP contribution in [0.5, 0.6) is 17.2 Å². The van der Waals surface area contributed by atoms with Crippen LogP contribution in [0.1, 0.15) is 19.4 Å². The van der Waals surface area contributed by atoms with Gasteiger partial charge in [0.25, 0.3) is 0 Å². The molecule has 0 aromatic heterocycles. The molecule has 4 rings (SSSR count). The lowest BCUT2D eigenvalue weighted by atomic mass is 10.0. The number of rotatable bonds is 9. The number of hydrogen-bond donors (Lipinski definition) is 0. The summed E-state index contributed by atoms with van der Waals surface area (Å²) in [6, 6.07) is 24.4. The summed E-state index contributed by atoms with van der Waals surface area (Å²) >= 11 is 0. The molecule has 4 heteroatoms. The van der Waals surface area contributed by atoms with Crippen molar-refractivity contribution in [3.8, 4) is 17.2 Å². The van der Waals surface area contributed by atoms with E-state index in [0.717, 1.165) is 45.2 Å². The maximum atomic E-state index is 6.23. The van der Waals surface area contributed by atoms with E-state index >= 15 is 0 Å². The fourth-order valence-electron chi connectivity index (χ4n) is 3.81. The Hall–Kier alpha value is -3.24. The van der Waals surface area contributed by atoms with Crippen LogP contribution in [-0.2, 0) is 11.2 Å². The summed E-state index contributed by atoms with van der Waals surface area (Å²) in [6.45, 7) is 4.87. The van der Waals surface area contributed by atoms with Crippen LogP contribution in [0.4, 0.5) is 0 Å². The summed E-state index contributed by atoms with van der Waals surface area (Å²) in [5.74, 6) is 2.52. The summed E-state index contributed by atoms with van der Waals surface area (Å²) in [7, 11) is 1.71. The second-order valence-electron chi connectivity index (χ2n) is 7.36. The Labute approximate surface area is 183 Å². The first-order valence-electron chi connectivity index (χ1n) is 10.7. The molecule has 4 aromatic rings. The minimum absolute atomic E-state index is 0.361. The van der Waals surface area contributed by atoms with Crippen molar-refractivity contribution in [1.29, 1.82) is 0 Å². The highest BCUT2D eigenvalue weighted by molar-refractivity contribution is 6.11. The van der Waals surface area contributed by atoms with E-state index in [1.807, 2.05) is 43.3 Å². The van der Waals surface area contributed by atoms with Crippen LogP contribution in [0.2, 0.25) is 0 Å². The molecule has 0 radical (unpaired) electrons. The molecular weight excluding hydrogens is 388 g/mol. The Morgan fingerprint density at radius 1 is 0.710 bits per heavy atom. The predicted molar refractivity (Wildman–Crippen MR) is 125 cm³/mol. The zero-order valence-electron chi connectivity index (χ0n) is 18.3. The molecule has 1 atom stereocenters. The van der Waals surface area contributed by atoms with Gasteiger partial charge in [0.15, 0.2) is 6.29 Å². The van der Waals surface area contributed by atoms with E-state index in [9.17, 15) is 0 Å². The molecule has 31 heavy (non-hydrogen) atoms. The molecule has 4 nitrogen and oxygen atoms in total. The van der Waals surface area contributed by atoms with E-state index in [1.54, 1.807) is 7.11 Å². The second-order valence-corrected chi connectivity index (χ2v) is 7.36. The van der Waals surface area contributed by atoms with Gasteiger partial charge in [-0.25, -0.2) is 0 Å². The first-order valence-corrected chi connectivity index (χ1v) is 10.7. The van der Waals surface area contributed by atoms with Crippen molar-refractivity contribution in [2.24, 2.45) is 0 Å². The van der Waals surface area contributed by atoms with E-state index in [0.29, 0.717) is 13.2 Å². The topological polar surface area (TPSA) is 36.9 Å². The highest BCUT2D eigenvalue weighted by Crippen LogP contribution is 2.42. The highest BCUT2D eigenvalue weighted by Gasteiger charge is 2.15. The van der Waals surface area contributed by atoms with E-state index in [-0.39, 0.29) is 6.29 Å². The number of hydrogen-bond acceptors (Lipinski definition) is 4. The largest absolute Gasteiger partial charge is 0.495 e. The predicted octanol–water partition coefficient (Wildman–Crippen LogP) is 6.38. The summed E-state index contributed by atoms with van der Waals surface area (Å²) in [5.41, 5.74) is 1.29. The average Bonchev–Trinajstić information content (AvgIpc) is 2.81. The first-order chi connectivity index (χ1) is 15.2. The van der Waals surface area contributed by atoms with Crippen LogP contribution in [-0.4, -0.2) is 26.6 Å². The molecule has 0 aliphatic rings. The molecule has 0 bridgehead atoms. The van der Waals surface area contributed by atoms with Gasteiger partial charge in [0, 0.05) is 21.5 Å². The van der Waals surface area contributed by atoms with Crippen molar-refractivity contribution in [3.05, 3.63) is 78.4 Å². The number of benzene rings is 4. The van der Waals surface area contributed by atoms with Crippen LogP contribution in [0.15, 0.2) is 72.8 Å². The zero-order valence-corrected chi connectivity index (χ0v) is 18.3. The smallest absolute Gasteiger partial charge is 0.197 e. The van der Waals surface area contributed by atoms with Crippen molar-refractivity contribution >= 4 is 21.5 Å². The molecular formula is C27H28O4. The number of fused-ring (bicyclic) bond motifs is 2. The van der Waals surface area contributed by atoms with Crippen molar-refractivity contribution in [1.82, 2.24) is 0 Å². The van der Waals surface area contributed by atoms with Crippen molar-refractivity contribution in [3.63, 3.8) is 0 Å². The first kappa shape index (κ1) is 21.0. The highest BCUT2D eigenvalue weighted by atomic mass is 16.7. The quantitative estimate of drug-likeness (QED) is 0.180. The standard InChI is InChI=1S/C27H28O4/c1-4-20-13-15-21(16-14-20)31-19(2)29-17-18-30-27-24-11-7-5-9-22(24)26(28-3)23-10-6-8-12-25(23)27/h5-16,19H,4,17-18H2,1-3H3. The second kappa shape index (κ2) is 9.71. The fourth-order valence-corrected chi connectivity index (χ4v) is 3.81. The molecule has 160 valence electrons. The molecule has 0 fully saturated rings. The Bertz CT molecular complexity index is 1090. The molecule has 0 saturated heterocycles. The van der Waals surface area contributed by atoms with Crippen LogP contribution < -0.4 is 14.2 Å². The monoisotopic (exact) mass is 416 g/mol. The van der Waals surface area contributed by atoms with Gasteiger partial charge in [-0.15, -0.1) is 0 Å². The normalized spacial score (nSPS) is 12.1. The van der Waals surface area contributed by atoms with Gasteiger partial charge < -0.3 is 18.9 Å². The maximum absolute atomic E-state index is 6.23. The van der Waals surface area contributed by atoms with Gasteiger partial charge in [0.05, 0.1) is 13.7 Å². The Morgan fingerprint density at radius 2 is 1.26 bits per heavy atom. The van der Waals surface area contributed by atoms with Gasteiger partial charge in [0.1, 0.15) is 23.9 Å². The lowest BCUT2D eigenvalue weighted by Crippen LogP contribution is -2.20. The van der Waals surface area contributed by atoms with Crippen molar-refractivity contribution in [2.45, 2.75) is 26.6 Å². The number of aryl methyl sites for hydroxylation is 1. The summed E-state index contributed by atoms with van der Waals surface area (Å²) in [4.78, 5) is 0. The van der Waals surface area contributed by atoms with Crippen LogP contribution in [0.25, 0.3) is 21.5 Å². The van der Waals surface area contributed by atoms with E-state index in [4.69, 9.17) is 18.9 Å². The molecule has 0 aliphatic heterocycles. The summed E-state index contributed by atoms with van der Waals surface area (Å²) in [6.07, 6.45) is 0.652. The van der Waals surface area contributed by atoms with E-state index in [2.05, 4.69) is 43.3 Å². The van der Waals surface area contributed by atoms with Crippen molar-refractivity contribution in [2.75, 3.05) is 20.3 Å². The number of methoxy groups -OCH3 is 1. The van der Waals surface area contributed by atoms with Crippen LogP contribution in [0.3, 0.4) is 0 Å². The Morgan fingerprint density at radius 3 is 1.77 bits per heavy atom. The molecule has 0 heterocycles. The fraction of sp³-hybridized carbons (Fsp3) is 0.259. The maximum Gasteiger partial charge on any atom is 0.197 e. The lowest BCUT2D eigenvalue weighted by molar-refractivity contribution is -0.0737. The van der Waals surface area contributed by atoms with Gasteiger partial charge in [-0.2, -0.15) is 0 Å². The van der Waals surface area contributed by atoms with Gasteiger partial charge >= 0.3 is 0 Å². The molecule has 0 saturated carbocycles. The summed E-state index contributed by atoms with van der Waals surface area (Å²) in [5, 5.41) is 4.12. The zero-order chi connectivity index (χ0) is 21.6. The Balaban J connectivity index is 1.45. The Kier molecular flexibility index (Phi) is 6.58. The SMILES string of the molecule is CCc1ccc(OC(C)OCCOc2c3ccccc3c(OC)c3ccccc23)cc1. The molecule has 0 spiro atoms.